The zero-order chi connectivity index (χ0) is 14.2. The molecule has 20 heavy (non-hydrogen) atoms. The Labute approximate surface area is 121 Å². The van der Waals surface area contributed by atoms with E-state index in [4.69, 9.17) is 4.74 Å². The molecule has 0 saturated carbocycles. The Morgan fingerprint density at radius 3 is 2.45 bits per heavy atom. The second-order valence-electron chi connectivity index (χ2n) is 5.73. The standard InChI is InChI=1S/C19H22O/c1-4-19(5-2)13-14-8-6-7-9-16(14)17-11-10-15(20-3)12-18(17)19/h6-12H,4-5,13H2,1-3H3. The molecular formula is C19H22O. The molecule has 0 bridgehead atoms. The summed E-state index contributed by atoms with van der Waals surface area (Å²) in [5, 5.41) is 0. The fraction of sp³-hybridized carbons (Fsp3) is 0.368. The maximum Gasteiger partial charge on any atom is 0.119 e. The van der Waals surface area contributed by atoms with Crippen LogP contribution in [0.3, 0.4) is 0 Å². The maximum absolute atomic E-state index is 5.45. The SMILES string of the molecule is CCC1(CC)Cc2ccccc2-c2ccc(OC)cc21. The van der Waals surface area contributed by atoms with Gasteiger partial charge in [-0.2, -0.15) is 0 Å². The van der Waals surface area contributed by atoms with Gasteiger partial charge in [-0.25, -0.2) is 0 Å². The molecule has 2 aromatic rings. The fourth-order valence-electron chi connectivity index (χ4n) is 3.60. The highest BCUT2D eigenvalue weighted by Crippen LogP contribution is 2.47. The number of fused-ring (bicyclic) bond motifs is 3. The molecule has 104 valence electrons. The summed E-state index contributed by atoms with van der Waals surface area (Å²) in [4.78, 5) is 0. The third kappa shape index (κ3) is 1.84. The molecule has 0 saturated heterocycles. The van der Waals surface area contributed by atoms with Crippen LogP contribution in [0, 0.1) is 0 Å². The molecule has 1 heteroatoms. The lowest BCUT2D eigenvalue weighted by Crippen LogP contribution is -2.31. The lowest BCUT2D eigenvalue weighted by atomic mass is 9.65. The number of ether oxygens (including phenoxy) is 1. The summed E-state index contributed by atoms with van der Waals surface area (Å²) in [6, 6.07) is 15.4. The van der Waals surface area contributed by atoms with Gasteiger partial charge in [-0.05, 0) is 59.1 Å². The smallest absolute Gasteiger partial charge is 0.119 e. The molecule has 0 amide bonds. The van der Waals surface area contributed by atoms with Crippen LogP contribution in [-0.2, 0) is 11.8 Å². The van der Waals surface area contributed by atoms with Crippen molar-refractivity contribution in [1.82, 2.24) is 0 Å². The first-order chi connectivity index (χ1) is 9.74. The predicted molar refractivity (Wildman–Crippen MR) is 84.4 cm³/mol. The van der Waals surface area contributed by atoms with Crippen molar-refractivity contribution in [2.75, 3.05) is 7.11 Å². The van der Waals surface area contributed by atoms with Crippen molar-refractivity contribution >= 4 is 0 Å². The van der Waals surface area contributed by atoms with Crippen LogP contribution < -0.4 is 4.74 Å². The van der Waals surface area contributed by atoms with Crippen LogP contribution >= 0.6 is 0 Å². The molecule has 0 spiro atoms. The van der Waals surface area contributed by atoms with Crippen molar-refractivity contribution in [2.45, 2.75) is 38.5 Å². The molecule has 0 radical (unpaired) electrons. The Kier molecular flexibility index (Phi) is 3.29. The van der Waals surface area contributed by atoms with Crippen LogP contribution in [0.1, 0.15) is 37.8 Å². The first kappa shape index (κ1) is 13.2. The van der Waals surface area contributed by atoms with Gasteiger partial charge in [-0.1, -0.05) is 44.2 Å². The summed E-state index contributed by atoms with van der Waals surface area (Å²) in [6.07, 6.45) is 3.46. The third-order valence-electron chi connectivity index (χ3n) is 4.99. The van der Waals surface area contributed by atoms with E-state index in [-0.39, 0.29) is 5.41 Å². The van der Waals surface area contributed by atoms with Gasteiger partial charge in [-0.15, -0.1) is 0 Å². The topological polar surface area (TPSA) is 9.23 Å². The van der Waals surface area contributed by atoms with Gasteiger partial charge < -0.3 is 4.74 Å². The fourth-order valence-corrected chi connectivity index (χ4v) is 3.60. The first-order valence-electron chi connectivity index (χ1n) is 7.51. The minimum absolute atomic E-state index is 0.248. The Morgan fingerprint density at radius 1 is 1.00 bits per heavy atom. The Hall–Kier alpha value is -1.76. The summed E-state index contributed by atoms with van der Waals surface area (Å²) >= 11 is 0. The van der Waals surface area contributed by atoms with Crippen molar-refractivity contribution in [3.8, 4) is 16.9 Å². The third-order valence-corrected chi connectivity index (χ3v) is 4.99. The zero-order valence-corrected chi connectivity index (χ0v) is 12.6. The average molecular weight is 266 g/mol. The lowest BCUT2D eigenvalue weighted by molar-refractivity contribution is 0.381. The van der Waals surface area contributed by atoms with Gasteiger partial charge in [0.1, 0.15) is 5.75 Å². The molecule has 0 fully saturated rings. The minimum atomic E-state index is 0.248. The van der Waals surface area contributed by atoms with Crippen LogP contribution in [0.25, 0.3) is 11.1 Å². The molecule has 0 atom stereocenters. The molecular weight excluding hydrogens is 244 g/mol. The van der Waals surface area contributed by atoms with E-state index in [0.717, 1.165) is 25.0 Å². The van der Waals surface area contributed by atoms with Gasteiger partial charge in [0.2, 0.25) is 0 Å². The van der Waals surface area contributed by atoms with E-state index in [1.807, 2.05) is 0 Å². The van der Waals surface area contributed by atoms with Crippen molar-refractivity contribution in [3.05, 3.63) is 53.6 Å². The Bertz CT molecular complexity index is 623. The number of rotatable bonds is 3. The number of methoxy groups -OCH3 is 1. The van der Waals surface area contributed by atoms with Crippen LogP contribution in [0.4, 0.5) is 0 Å². The summed E-state index contributed by atoms with van der Waals surface area (Å²) < 4.78 is 5.45. The normalized spacial score (nSPS) is 15.3. The van der Waals surface area contributed by atoms with E-state index in [1.54, 1.807) is 7.11 Å². The quantitative estimate of drug-likeness (QED) is 0.761. The van der Waals surface area contributed by atoms with Crippen LogP contribution in [-0.4, -0.2) is 7.11 Å². The van der Waals surface area contributed by atoms with E-state index < -0.39 is 0 Å². The monoisotopic (exact) mass is 266 g/mol. The number of hydrogen-bond acceptors (Lipinski definition) is 1. The van der Waals surface area contributed by atoms with Crippen molar-refractivity contribution in [3.63, 3.8) is 0 Å². The number of benzene rings is 2. The highest BCUT2D eigenvalue weighted by atomic mass is 16.5. The maximum atomic E-state index is 5.45. The Morgan fingerprint density at radius 2 is 1.75 bits per heavy atom. The molecule has 1 aliphatic carbocycles. The molecule has 1 aliphatic rings. The van der Waals surface area contributed by atoms with Crippen molar-refractivity contribution in [2.24, 2.45) is 0 Å². The van der Waals surface area contributed by atoms with Crippen molar-refractivity contribution in [1.29, 1.82) is 0 Å². The second kappa shape index (κ2) is 4.97. The van der Waals surface area contributed by atoms with Crippen molar-refractivity contribution < 1.29 is 4.74 Å². The van der Waals surface area contributed by atoms with E-state index in [0.29, 0.717) is 0 Å². The van der Waals surface area contributed by atoms with Crippen LogP contribution in [0.5, 0.6) is 5.75 Å². The highest BCUT2D eigenvalue weighted by Gasteiger charge is 2.36. The summed E-state index contributed by atoms with van der Waals surface area (Å²) in [5.41, 5.74) is 5.96. The van der Waals surface area contributed by atoms with E-state index in [9.17, 15) is 0 Å². The van der Waals surface area contributed by atoms with Gasteiger partial charge in [0.15, 0.2) is 0 Å². The number of hydrogen-bond donors (Lipinski definition) is 0. The molecule has 1 nitrogen and oxygen atoms in total. The summed E-state index contributed by atoms with van der Waals surface area (Å²) in [6.45, 7) is 4.61. The largest absolute Gasteiger partial charge is 0.497 e. The minimum Gasteiger partial charge on any atom is -0.497 e. The van der Waals surface area contributed by atoms with Gasteiger partial charge >= 0.3 is 0 Å². The molecule has 0 heterocycles. The summed E-state index contributed by atoms with van der Waals surface area (Å²) in [7, 11) is 1.75. The van der Waals surface area contributed by atoms with Crippen LogP contribution in [0.15, 0.2) is 42.5 Å². The average Bonchev–Trinajstić information content (AvgIpc) is 2.53. The van der Waals surface area contributed by atoms with Gasteiger partial charge in [-0.3, -0.25) is 0 Å². The second-order valence-corrected chi connectivity index (χ2v) is 5.73. The molecule has 0 aliphatic heterocycles. The van der Waals surface area contributed by atoms with Gasteiger partial charge in [0, 0.05) is 0 Å². The lowest BCUT2D eigenvalue weighted by Gasteiger charge is -2.39. The van der Waals surface area contributed by atoms with E-state index >= 15 is 0 Å². The summed E-state index contributed by atoms with van der Waals surface area (Å²) in [5.74, 6) is 0.967. The van der Waals surface area contributed by atoms with Gasteiger partial charge in [0.25, 0.3) is 0 Å². The van der Waals surface area contributed by atoms with Crippen LogP contribution in [0.2, 0.25) is 0 Å². The highest BCUT2D eigenvalue weighted by molar-refractivity contribution is 5.76. The molecule has 0 unspecified atom stereocenters. The predicted octanol–water partition coefficient (Wildman–Crippen LogP) is 4.98. The molecule has 0 N–H and O–H groups in total. The molecule has 0 aromatic heterocycles. The first-order valence-corrected chi connectivity index (χ1v) is 7.51. The zero-order valence-electron chi connectivity index (χ0n) is 12.6. The van der Waals surface area contributed by atoms with E-state index in [1.165, 1.54) is 22.3 Å². The van der Waals surface area contributed by atoms with Gasteiger partial charge in [0.05, 0.1) is 7.11 Å². The Balaban J connectivity index is 2.28. The molecule has 2 aromatic carbocycles. The molecule has 3 rings (SSSR count). The van der Waals surface area contributed by atoms with E-state index in [2.05, 4.69) is 56.3 Å².